The smallest absolute Gasteiger partial charge is 0.312 e. The summed E-state index contributed by atoms with van der Waals surface area (Å²) in [5.74, 6) is -1.58. The Morgan fingerprint density at radius 3 is 2.29 bits per heavy atom. The normalized spacial score (nSPS) is 44.5. The van der Waals surface area contributed by atoms with E-state index in [4.69, 9.17) is 9.47 Å². The molecule has 0 aromatic rings. The first kappa shape index (κ1) is 29.7. The van der Waals surface area contributed by atoms with Crippen LogP contribution in [-0.4, -0.2) is 37.2 Å². The average molecular weight is 564 g/mol. The molecule has 222 valence electrons. The first-order valence-electron chi connectivity index (χ1n) is 15.1. The lowest BCUT2D eigenvalue weighted by Gasteiger charge is -2.68. The third kappa shape index (κ3) is 3.81. The van der Waals surface area contributed by atoms with Gasteiger partial charge in [0.2, 0.25) is 0 Å². The maximum absolute atomic E-state index is 14.5. The van der Waals surface area contributed by atoms with Gasteiger partial charge < -0.3 is 9.47 Å². The molecule has 0 unspecified atom stereocenters. The average Bonchev–Trinajstić information content (AvgIpc) is 2.90. The molecular formula is C34H45NO6. The summed E-state index contributed by atoms with van der Waals surface area (Å²) in [6, 6.07) is 2.12. The standard InChI is InChI=1S/C34H45NO6/c1-20(36)41-19-31(5)24-9-10-32(6)25(30(24,4)16-21(18-35)27(31)38)15-23(37)26-22-17-29(2,3)11-13-34(22,28(39)40-8)14-12-33(26,32)7/h15-16,22,24,26H,9-14,17,19H2,1-8H3/t22-,24+,26-,30-,31-,32+,33+,34-/m0/s1. The Labute approximate surface area is 244 Å². The number of methoxy groups -OCH3 is 1. The number of nitriles is 1. The molecule has 8 atom stereocenters. The van der Waals surface area contributed by atoms with E-state index in [0.29, 0.717) is 12.8 Å². The van der Waals surface area contributed by atoms with Crippen molar-refractivity contribution in [2.45, 2.75) is 93.4 Å². The second-order valence-electron chi connectivity index (χ2n) is 15.4. The molecule has 5 aliphatic rings. The summed E-state index contributed by atoms with van der Waals surface area (Å²) < 4.78 is 10.8. The summed E-state index contributed by atoms with van der Waals surface area (Å²) in [6.07, 6.45) is 8.92. The molecule has 0 heterocycles. The van der Waals surface area contributed by atoms with Gasteiger partial charge in [-0.3, -0.25) is 19.2 Å². The second kappa shape index (κ2) is 9.12. The zero-order chi connectivity index (χ0) is 30.4. The number of hydrogen-bond acceptors (Lipinski definition) is 7. The highest BCUT2D eigenvalue weighted by Crippen LogP contribution is 2.74. The Kier molecular flexibility index (Phi) is 6.62. The Morgan fingerprint density at radius 1 is 1.02 bits per heavy atom. The molecule has 3 fully saturated rings. The number of rotatable bonds is 3. The topological polar surface area (TPSA) is 111 Å². The predicted octanol–water partition coefficient (Wildman–Crippen LogP) is 5.92. The van der Waals surface area contributed by atoms with Gasteiger partial charge in [0, 0.05) is 18.3 Å². The van der Waals surface area contributed by atoms with Crippen LogP contribution in [0.15, 0.2) is 23.3 Å². The molecule has 7 heteroatoms. The Morgan fingerprint density at radius 2 is 1.68 bits per heavy atom. The number of ketones is 2. The van der Waals surface area contributed by atoms with Crippen LogP contribution in [0.2, 0.25) is 0 Å². The third-order valence-corrected chi connectivity index (χ3v) is 12.9. The molecule has 0 saturated heterocycles. The summed E-state index contributed by atoms with van der Waals surface area (Å²) in [5.41, 5.74) is -2.23. The number of carbonyl (C=O) groups is 4. The van der Waals surface area contributed by atoms with Crippen molar-refractivity contribution in [3.8, 4) is 6.07 Å². The van der Waals surface area contributed by atoms with E-state index in [0.717, 1.165) is 37.7 Å². The van der Waals surface area contributed by atoms with Gasteiger partial charge in [-0.2, -0.15) is 5.26 Å². The Bertz CT molecular complexity index is 1330. The number of hydrogen-bond donors (Lipinski definition) is 0. The van der Waals surface area contributed by atoms with Crippen LogP contribution in [0.5, 0.6) is 0 Å². The number of esters is 2. The van der Waals surface area contributed by atoms with Crippen LogP contribution in [0.3, 0.4) is 0 Å². The number of Topliss-reactive ketones (excluding diaryl/α,β-unsaturated/α-hetero) is 1. The molecule has 0 bridgehead atoms. The second-order valence-corrected chi connectivity index (χ2v) is 15.4. The lowest BCUT2D eigenvalue weighted by atomic mass is 9.34. The van der Waals surface area contributed by atoms with Crippen molar-refractivity contribution >= 4 is 23.5 Å². The van der Waals surface area contributed by atoms with Gasteiger partial charge in [-0.15, -0.1) is 0 Å². The molecule has 7 nitrogen and oxygen atoms in total. The van der Waals surface area contributed by atoms with E-state index in [1.165, 1.54) is 14.0 Å². The number of nitrogens with zero attached hydrogens (tertiary/aromatic N) is 1. The zero-order valence-corrected chi connectivity index (χ0v) is 25.9. The fourth-order valence-electron chi connectivity index (χ4n) is 10.4. The maximum Gasteiger partial charge on any atom is 0.312 e. The van der Waals surface area contributed by atoms with Crippen molar-refractivity contribution in [1.82, 2.24) is 0 Å². The fraction of sp³-hybridized carbons (Fsp3) is 0.735. The van der Waals surface area contributed by atoms with Crippen LogP contribution in [0.1, 0.15) is 93.4 Å². The van der Waals surface area contributed by atoms with Crippen LogP contribution in [0.25, 0.3) is 0 Å². The molecule has 41 heavy (non-hydrogen) atoms. The van der Waals surface area contributed by atoms with Gasteiger partial charge in [0.25, 0.3) is 0 Å². The van der Waals surface area contributed by atoms with E-state index in [1.807, 2.05) is 6.08 Å². The highest BCUT2D eigenvalue weighted by Gasteiger charge is 2.71. The van der Waals surface area contributed by atoms with E-state index in [9.17, 15) is 24.4 Å². The van der Waals surface area contributed by atoms with Crippen molar-refractivity contribution in [2.24, 2.45) is 50.2 Å². The number of fused-ring (bicyclic) bond motifs is 7. The summed E-state index contributed by atoms with van der Waals surface area (Å²) in [4.78, 5) is 53.4. The molecule has 0 spiro atoms. The largest absolute Gasteiger partial charge is 0.469 e. The Hall–Kier alpha value is -2.75. The summed E-state index contributed by atoms with van der Waals surface area (Å²) in [5, 5.41) is 10.0. The van der Waals surface area contributed by atoms with Gasteiger partial charge in [0.1, 0.15) is 12.7 Å². The minimum absolute atomic E-state index is 0.0158. The molecule has 0 aliphatic heterocycles. The minimum Gasteiger partial charge on any atom is -0.469 e. The summed E-state index contributed by atoms with van der Waals surface area (Å²) in [6.45, 7) is 14.1. The minimum atomic E-state index is -1.08. The Balaban J connectivity index is 1.68. The molecular weight excluding hydrogens is 518 g/mol. The van der Waals surface area contributed by atoms with Crippen LogP contribution < -0.4 is 0 Å². The summed E-state index contributed by atoms with van der Waals surface area (Å²) in [7, 11) is 1.46. The van der Waals surface area contributed by atoms with Crippen LogP contribution in [0.4, 0.5) is 0 Å². The van der Waals surface area contributed by atoms with Gasteiger partial charge in [-0.1, -0.05) is 46.3 Å². The van der Waals surface area contributed by atoms with E-state index in [-0.39, 0.29) is 58.3 Å². The predicted molar refractivity (Wildman–Crippen MR) is 152 cm³/mol. The number of ether oxygens (including phenoxy) is 2. The van der Waals surface area contributed by atoms with Crippen molar-refractivity contribution < 1.29 is 28.7 Å². The quantitative estimate of drug-likeness (QED) is 0.392. The highest BCUT2D eigenvalue weighted by atomic mass is 16.5. The molecule has 0 aromatic carbocycles. The molecule has 0 N–H and O–H groups in total. The van der Waals surface area contributed by atoms with Gasteiger partial charge in [-0.05, 0) is 86.0 Å². The summed E-state index contributed by atoms with van der Waals surface area (Å²) >= 11 is 0. The molecule has 0 aromatic heterocycles. The van der Waals surface area contributed by atoms with Crippen molar-refractivity contribution in [2.75, 3.05) is 13.7 Å². The monoisotopic (exact) mass is 563 g/mol. The zero-order valence-electron chi connectivity index (χ0n) is 25.9. The lowest BCUT2D eigenvalue weighted by Crippen LogP contribution is -2.66. The first-order chi connectivity index (χ1) is 19.0. The van der Waals surface area contributed by atoms with Crippen molar-refractivity contribution in [3.63, 3.8) is 0 Å². The molecule has 0 amide bonds. The maximum atomic E-state index is 14.5. The lowest BCUT2D eigenvalue weighted by molar-refractivity contribution is -0.191. The van der Waals surface area contributed by atoms with E-state index in [1.54, 1.807) is 13.0 Å². The van der Waals surface area contributed by atoms with Gasteiger partial charge in [0.15, 0.2) is 11.6 Å². The van der Waals surface area contributed by atoms with Crippen LogP contribution in [-0.2, 0) is 28.7 Å². The molecule has 0 radical (unpaired) electrons. The molecule has 3 saturated carbocycles. The van der Waals surface area contributed by atoms with Crippen LogP contribution in [0, 0.1) is 61.6 Å². The SMILES string of the molecule is COC(=O)[C@]12CCC(C)(C)C[C@H]1[C@H]1C(=O)C=C3[C@@]4(C)C=C(C#N)C(=O)[C@@](C)(COC(C)=O)[C@@H]4CC[C@@]3(C)[C@]1(C)CC2. The number of carbonyl (C=O) groups excluding carboxylic acids is 4. The van der Waals surface area contributed by atoms with Crippen molar-refractivity contribution in [1.29, 1.82) is 5.26 Å². The molecule has 5 rings (SSSR count). The van der Waals surface area contributed by atoms with E-state index in [2.05, 4.69) is 40.7 Å². The molecule has 5 aliphatic carbocycles. The third-order valence-electron chi connectivity index (χ3n) is 12.9. The number of allylic oxidation sites excluding steroid dienone is 4. The highest BCUT2D eigenvalue weighted by molar-refractivity contribution is 6.05. The van der Waals surface area contributed by atoms with Crippen molar-refractivity contribution in [3.05, 3.63) is 23.3 Å². The first-order valence-corrected chi connectivity index (χ1v) is 15.1. The van der Waals surface area contributed by atoms with E-state index < -0.39 is 27.6 Å². The van der Waals surface area contributed by atoms with Gasteiger partial charge >= 0.3 is 11.9 Å². The van der Waals surface area contributed by atoms with Crippen LogP contribution >= 0.6 is 0 Å². The fourth-order valence-corrected chi connectivity index (χ4v) is 10.4. The van der Waals surface area contributed by atoms with Gasteiger partial charge in [0.05, 0.1) is 23.5 Å². The van der Waals surface area contributed by atoms with E-state index >= 15 is 0 Å². The van der Waals surface area contributed by atoms with Gasteiger partial charge in [-0.25, -0.2) is 0 Å².